The summed E-state index contributed by atoms with van der Waals surface area (Å²) in [5.74, 6) is 0.254. The van der Waals surface area contributed by atoms with Crippen molar-refractivity contribution < 1.29 is 18.0 Å². The molecule has 20 heavy (non-hydrogen) atoms. The smallest absolute Gasteiger partial charge is 0.339 e. The van der Waals surface area contributed by atoms with Crippen LogP contribution in [-0.2, 0) is 11.0 Å². The van der Waals surface area contributed by atoms with E-state index in [1.54, 1.807) is 9.80 Å². The summed E-state index contributed by atoms with van der Waals surface area (Å²) in [4.78, 5) is 22.1. The van der Waals surface area contributed by atoms with Gasteiger partial charge in [0.15, 0.2) is 0 Å². The first kappa shape index (κ1) is 16.5. The number of piperazine rings is 1. The molecule has 0 aliphatic carbocycles. The van der Waals surface area contributed by atoms with Crippen LogP contribution in [0.5, 0.6) is 0 Å². The summed E-state index contributed by atoms with van der Waals surface area (Å²) in [5, 5.41) is 0. The van der Waals surface area contributed by atoms with E-state index in [2.05, 4.69) is 9.97 Å². The molecule has 0 unspecified atom stereocenters. The van der Waals surface area contributed by atoms with Crippen molar-refractivity contribution in [2.24, 2.45) is 0 Å². The van der Waals surface area contributed by atoms with Crippen LogP contribution in [0, 0.1) is 0 Å². The zero-order valence-corrected chi connectivity index (χ0v) is 11.5. The van der Waals surface area contributed by atoms with Gasteiger partial charge < -0.3 is 9.80 Å². The third-order valence-electron chi connectivity index (χ3n) is 2.97. The number of nitrogens with zero attached hydrogens (tertiary/aromatic N) is 4. The minimum atomic E-state index is -4.42. The average Bonchev–Trinajstić information content (AvgIpc) is 2.38. The molecular formula is C11H14ClF3N4O. The molecule has 0 saturated carbocycles. The fraction of sp³-hybridized carbons (Fsp3) is 0.545. The summed E-state index contributed by atoms with van der Waals surface area (Å²) in [7, 11) is 0. The van der Waals surface area contributed by atoms with Gasteiger partial charge in [-0.05, 0) is 0 Å². The maximum Gasteiger partial charge on any atom is 0.419 e. The lowest BCUT2D eigenvalue weighted by Crippen LogP contribution is -2.48. The van der Waals surface area contributed by atoms with Crippen molar-refractivity contribution in [3.63, 3.8) is 0 Å². The van der Waals surface area contributed by atoms with Gasteiger partial charge >= 0.3 is 6.18 Å². The monoisotopic (exact) mass is 310 g/mol. The summed E-state index contributed by atoms with van der Waals surface area (Å²) < 4.78 is 37.1. The molecule has 2 heterocycles. The van der Waals surface area contributed by atoms with Gasteiger partial charge in [-0.25, -0.2) is 9.97 Å². The zero-order chi connectivity index (χ0) is 14.0. The molecule has 1 amide bonds. The largest absolute Gasteiger partial charge is 0.419 e. The molecule has 1 aliphatic rings. The van der Waals surface area contributed by atoms with E-state index in [1.807, 2.05) is 0 Å². The van der Waals surface area contributed by atoms with E-state index in [-0.39, 0.29) is 24.3 Å². The molecule has 1 saturated heterocycles. The van der Waals surface area contributed by atoms with Gasteiger partial charge in [0, 0.05) is 45.5 Å². The van der Waals surface area contributed by atoms with Crippen molar-refractivity contribution in [2.75, 3.05) is 31.1 Å². The molecule has 5 nitrogen and oxygen atoms in total. The van der Waals surface area contributed by atoms with Crippen LogP contribution in [0.25, 0.3) is 0 Å². The molecule has 112 valence electrons. The fourth-order valence-electron chi connectivity index (χ4n) is 1.85. The van der Waals surface area contributed by atoms with Gasteiger partial charge in [0.25, 0.3) is 0 Å². The Morgan fingerprint density at radius 3 is 2.05 bits per heavy atom. The van der Waals surface area contributed by atoms with E-state index in [0.29, 0.717) is 26.2 Å². The number of carbonyl (C=O) groups excluding carboxylic acids is 1. The maximum atomic E-state index is 12.4. The van der Waals surface area contributed by atoms with Crippen LogP contribution < -0.4 is 4.90 Å². The minimum Gasteiger partial charge on any atom is -0.339 e. The van der Waals surface area contributed by atoms with Gasteiger partial charge in [0.05, 0.1) is 5.56 Å². The Labute approximate surface area is 120 Å². The molecule has 0 radical (unpaired) electrons. The van der Waals surface area contributed by atoms with Gasteiger partial charge in [-0.15, -0.1) is 12.4 Å². The third-order valence-corrected chi connectivity index (χ3v) is 2.97. The molecule has 1 aromatic rings. The molecule has 1 fully saturated rings. The summed E-state index contributed by atoms with van der Waals surface area (Å²) in [5.41, 5.74) is -0.862. The summed E-state index contributed by atoms with van der Waals surface area (Å²) in [6.45, 7) is 3.58. The van der Waals surface area contributed by atoms with Crippen LogP contribution in [-0.4, -0.2) is 47.0 Å². The predicted octanol–water partition coefficient (Wildman–Crippen LogP) is 1.59. The highest BCUT2D eigenvalue weighted by molar-refractivity contribution is 5.85. The van der Waals surface area contributed by atoms with E-state index in [4.69, 9.17) is 0 Å². The molecule has 1 aromatic heterocycles. The highest BCUT2D eigenvalue weighted by Gasteiger charge is 2.31. The standard InChI is InChI=1S/C11H13F3N4O.ClH/c1-8(19)17-2-4-18(5-3-17)10-15-6-9(7-16-10)11(12,13)14;/h6-7H,2-5H2,1H3;1H. The van der Waals surface area contributed by atoms with Gasteiger partial charge in [-0.3, -0.25) is 4.79 Å². The van der Waals surface area contributed by atoms with Crippen molar-refractivity contribution in [1.29, 1.82) is 0 Å². The molecule has 2 rings (SSSR count). The Kier molecular flexibility index (Phi) is 5.15. The molecular weight excluding hydrogens is 297 g/mol. The Morgan fingerprint density at radius 1 is 1.15 bits per heavy atom. The highest BCUT2D eigenvalue weighted by Crippen LogP contribution is 2.28. The number of alkyl halides is 3. The van der Waals surface area contributed by atoms with Crippen molar-refractivity contribution >= 4 is 24.3 Å². The molecule has 9 heteroatoms. The van der Waals surface area contributed by atoms with Crippen LogP contribution in [0.3, 0.4) is 0 Å². The van der Waals surface area contributed by atoms with E-state index in [1.165, 1.54) is 6.92 Å². The second kappa shape index (κ2) is 6.25. The number of amides is 1. The van der Waals surface area contributed by atoms with Crippen molar-refractivity contribution in [2.45, 2.75) is 13.1 Å². The van der Waals surface area contributed by atoms with E-state index in [9.17, 15) is 18.0 Å². The van der Waals surface area contributed by atoms with Gasteiger partial charge in [-0.1, -0.05) is 0 Å². The number of anilines is 1. The van der Waals surface area contributed by atoms with Crippen molar-refractivity contribution in [3.05, 3.63) is 18.0 Å². The SMILES string of the molecule is CC(=O)N1CCN(c2ncc(C(F)(F)F)cn2)CC1.Cl. The lowest BCUT2D eigenvalue weighted by molar-refractivity contribution is -0.138. The molecule has 0 N–H and O–H groups in total. The Bertz CT molecular complexity index is 458. The fourth-order valence-corrected chi connectivity index (χ4v) is 1.85. The first-order valence-electron chi connectivity index (χ1n) is 5.77. The van der Waals surface area contributed by atoms with Crippen molar-refractivity contribution in [3.8, 4) is 0 Å². The summed E-state index contributed by atoms with van der Waals surface area (Å²) in [6, 6.07) is 0. The van der Waals surface area contributed by atoms with Crippen LogP contribution in [0.1, 0.15) is 12.5 Å². The lowest BCUT2D eigenvalue weighted by Gasteiger charge is -2.34. The zero-order valence-electron chi connectivity index (χ0n) is 10.7. The Balaban J connectivity index is 0.00000200. The highest BCUT2D eigenvalue weighted by atomic mass is 35.5. The number of halogens is 4. The van der Waals surface area contributed by atoms with E-state index in [0.717, 1.165) is 12.4 Å². The summed E-state index contributed by atoms with van der Waals surface area (Å²) >= 11 is 0. The molecule has 0 spiro atoms. The third kappa shape index (κ3) is 3.72. The van der Waals surface area contributed by atoms with Gasteiger partial charge in [-0.2, -0.15) is 13.2 Å². The number of carbonyl (C=O) groups is 1. The van der Waals surface area contributed by atoms with E-state index >= 15 is 0 Å². The van der Waals surface area contributed by atoms with Crippen LogP contribution >= 0.6 is 12.4 Å². The number of aromatic nitrogens is 2. The van der Waals surface area contributed by atoms with Gasteiger partial charge in [0.1, 0.15) is 0 Å². The molecule has 1 aliphatic heterocycles. The topological polar surface area (TPSA) is 49.3 Å². The Morgan fingerprint density at radius 2 is 1.65 bits per heavy atom. The van der Waals surface area contributed by atoms with Crippen molar-refractivity contribution in [1.82, 2.24) is 14.9 Å². The van der Waals surface area contributed by atoms with E-state index < -0.39 is 11.7 Å². The predicted molar refractivity (Wildman–Crippen MR) is 68.7 cm³/mol. The number of hydrogen-bond donors (Lipinski definition) is 0. The van der Waals surface area contributed by atoms with Gasteiger partial charge in [0.2, 0.25) is 11.9 Å². The lowest BCUT2D eigenvalue weighted by atomic mass is 10.3. The molecule has 0 bridgehead atoms. The average molecular weight is 311 g/mol. The Hall–Kier alpha value is -1.57. The van der Waals surface area contributed by atoms with Crippen LogP contribution in [0.2, 0.25) is 0 Å². The first-order chi connectivity index (χ1) is 8.88. The maximum absolute atomic E-state index is 12.4. The quantitative estimate of drug-likeness (QED) is 0.790. The molecule has 0 aromatic carbocycles. The first-order valence-corrected chi connectivity index (χ1v) is 5.77. The number of hydrogen-bond acceptors (Lipinski definition) is 4. The normalized spacial score (nSPS) is 15.8. The second-order valence-corrected chi connectivity index (χ2v) is 4.26. The minimum absolute atomic E-state index is 0. The summed E-state index contributed by atoms with van der Waals surface area (Å²) in [6.07, 6.45) is -2.87. The van der Waals surface area contributed by atoms with Crippen LogP contribution in [0.15, 0.2) is 12.4 Å². The number of rotatable bonds is 1. The second-order valence-electron chi connectivity index (χ2n) is 4.26. The molecule has 0 atom stereocenters. The van der Waals surface area contributed by atoms with Crippen LogP contribution in [0.4, 0.5) is 19.1 Å².